The number of hydroxylamine groups is 1. The Kier molecular flexibility index (Phi) is 5.56. The second kappa shape index (κ2) is 8.78. The monoisotopic (exact) mass is 522 g/mol. The van der Waals surface area contributed by atoms with E-state index < -0.39 is 35.7 Å². The Balaban J connectivity index is 1.43. The minimum absolute atomic E-state index is 0.278. The van der Waals surface area contributed by atoms with E-state index in [1.807, 2.05) is 30.3 Å². The van der Waals surface area contributed by atoms with Crippen LogP contribution in [0.3, 0.4) is 0 Å². The minimum Gasteiger partial charge on any atom is -0.459 e. The number of benzene rings is 3. The molecule has 3 heterocycles. The van der Waals surface area contributed by atoms with Crippen molar-refractivity contribution in [1.29, 1.82) is 0 Å². The number of amides is 2. The normalized spacial score (nSPS) is 21.4. The fraction of sp³-hybridized carbons (Fsp3) is 0.111. The summed E-state index contributed by atoms with van der Waals surface area (Å²) in [7, 11) is 0. The number of para-hydroxylation sites is 1. The molecule has 3 atom stereocenters. The van der Waals surface area contributed by atoms with Crippen molar-refractivity contribution in [2.24, 2.45) is 5.92 Å². The number of carbonyl (C=O) groups is 2. The van der Waals surface area contributed by atoms with Gasteiger partial charge >= 0.3 is 0 Å². The SMILES string of the molecule is O=C1[C@@H]2[C@@H](ON(c3ccccc3)[C@H]2c2ccc(-c3cc(Cl)ccc3Cl)o2)C(=O)N1c1ccc(F)cc1. The summed E-state index contributed by atoms with van der Waals surface area (Å²) in [5, 5.41) is 2.49. The molecule has 0 unspecified atom stereocenters. The van der Waals surface area contributed by atoms with Gasteiger partial charge in [0, 0.05) is 10.6 Å². The number of rotatable bonds is 4. The zero-order chi connectivity index (χ0) is 25.0. The molecule has 0 saturated carbocycles. The smallest absolute Gasteiger partial charge is 0.266 e. The Hall–Kier alpha value is -3.65. The van der Waals surface area contributed by atoms with Crippen LogP contribution >= 0.6 is 23.2 Å². The molecule has 6 rings (SSSR count). The summed E-state index contributed by atoms with van der Waals surface area (Å²) in [6, 6.07) is 22.1. The Labute approximate surface area is 215 Å². The van der Waals surface area contributed by atoms with Gasteiger partial charge < -0.3 is 4.42 Å². The maximum Gasteiger partial charge on any atom is 0.266 e. The van der Waals surface area contributed by atoms with Gasteiger partial charge in [-0.1, -0.05) is 41.4 Å². The van der Waals surface area contributed by atoms with Crippen molar-refractivity contribution in [3.8, 4) is 11.3 Å². The highest BCUT2D eigenvalue weighted by Gasteiger charge is 2.61. The molecule has 2 amide bonds. The van der Waals surface area contributed by atoms with Crippen LogP contribution in [-0.4, -0.2) is 17.9 Å². The van der Waals surface area contributed by atoms with Crippen LogP contribution < -0.4 is 9.96 Å². The van der Waals surface area contributed by atoms with Crippen LogP contribution in [0.1, 0.15) is 11.8 Å². The lowest BCUT2D eigenvalue weighted by Crippen LogP contribution is -2.37. The number of halogens is 3. The second-order valence-electron chi connectivity index (χ2n) is 8.47. The minimum atomic E-state index is -1.07. The van der Waals surface area contributed by atoms with Gasteiger partial charge in [0.25, 0.3) is 5.91 Å². The molecular weight excluding hydrogens is 506 g/mol. The number of hydrogen-bond donors (Lipinski definition) is 0. The largest absolute Gasteiger partial charge is 0.459 e. The summed E-state index contributed by atoms with van der Waals surface area (Å²) in [4.78, 5) is 34.1. The molecule has 0 bridgehead atoms. The lowest BCUT2D eigenvalue weighted by molar-refractivity contribution is -0.126. The number of fused-ring (bicyclic) bond motifs is 1. The Morgan fingerprint density at radius 3 is 2.31 bits per heavy atom. The molecule has 2 saturated heterocycles. The number of nitrogens with zero attached hydrogens (tertiary/aromatic N) is 2. The highest BCUT2D eigenvalue weighted by atomic mass is 35.5. The zero-order valence-electron chi connectivity index (χ0n) is 18.5. The summed E-state index contributed by atoms with van der Waals surface area (Å²) in [6.07, 6.45) is -1.07. The molecular formula is C27H17Cl2FN2O4. The molecule has 0 radical (unpaired) electrons. The molecule has 2 fully saturated rings. The lowest BCUT2D eigenvalue weighted by Gasteiger charge is -2.27. The molecule has 3 aromatic carbocycles. The van der Waals surface area contributed by atoms with E-state index in [4.69, 9.17) is 32.5 Å². The summed E-state index contributed by atoms with van der Waals surface area (Å²) < 4.78 is 19.7. The first-order chi connectivity index (χ1) is 17.4. The molecule has 180 valence electrons. The Morgan fingerprint density at radius 2 is 1.56 bits per heavy atom. The predicted molar refractivity (Wildman–Crippen MR) is 133 cm³/mol. The molecule has 2 aliphatic rings. The number of imide groups is 1. The fourth-order valence-electron chi connectivity index (χ4n) is 4.69. The van der Waals surface area contributed by atoms with Crippen LogP contribution in [0.4, 0.5) is 15.8 Å². The quantitative estimate of drug-likeness (QED) is 0.288. The number of carbonyl (C=O) groups excluding carboxylic acids is 2. The molecule has 1 aromatic heterocycles. The molecule has 9 heteroatoms. The van der Waals surface area contributed by atoms with E-state index in [-0.39, 0.29) is 5.69 Å². The third kappa shape index (κ3) is 3.67. The number of hydrogen-bond acceptors (Lipinski definition) is 5. The first-order valence-corrected chi connectivity index (χ1v) is 11.9. The van der Waals surface area contributed by atoms with E-state index in [0.717, 1.165) is 4.90 Å². The van der Waals surface area contributed by atoms with Crippen molar-refractivity contribution in [2.75, 3.05) is 9.96 Å². The highest BCUT2D eigenvalue weighted by molar-refractivity contribution is 6.35. The van der Waals surface area contributed by atoms with Gasteiger partial charge in [0.05, 0.1) is 16.4 Å². The average Bonchev–Trinajstić information content (AvgIpc) is 3.57. The average molecular weight is 523 g/mol. The second-order valence-corrected chi connectivity index (χ2v) is 9.32. The molecule has 36 heavy (non-hydrogen) atoms. The predicted octanol–water partition coefficient (Wildman–Crippen LogP) is 6.44. The van der Waals surface area contributed by atoms with E-state index in [1.165, 1.54) is 29.3 Å². The maximum absolute atomic E-state index is 13.6. The van der Waals surface area contributed by atoms with Crippen LogP contribution in [0.25, 0.3) is 11.3 Å². The third-order valence-corrected chi connectivity index (χ3v) is 6.89. The van der Waals surface area contributed by atoms with Crippen molar-refractivity contribution in [1.82, 2.24) is 0 Å². The zero-order valence-corrected chi connectivity index (χ0v) is 20.0. The van der Waals surface area contributed by atoms with Crippen molar-refractivity contribution in [2.45, 2.75) is 12.1 Å². The molecule has 0 spiro atoms. The van der Waals surface area contributed by atoms with Crippen LogP contribution in [-0.2, 0) is 14.4 Å². The first kappa shape index (κ1) is 22.8. The van der Waals surface area contributed by atoms with E-state index in [0.29, 0.717) is 32.8 Å². The van der Waals surface area contributed by atoms with Crippen molar-refractivity contribution >= 4 is 46.4 Å². The Morgan fingerprint density at radius 1 is 0.806 bits per heavy atom. The van der Waals surface area contributed by atoms with Gasteiger partial charge in [-0.05, 0) is 66.7 Å². The van der Waals surface area contributed by atoms with Gasteiger partial charge in [0.15, 0.2) is 6.10 Å². The fourth-order valence-corrected chi connectivity index (χ4v) is 5.07. The topological polar surface area (TPSA) is 63.0 Å². The Bertz CT molecular complexity index is 1470. The van der Waals surface area contributed by atoms with Crippen molar-refractivity contribution in [3.63, 3.8) is 0 Å². The highest BCUT2D eigenvalue weighted by Crippen LogP contribution is 2.48. The van der Waals surface area contributed by atoms with Crippen LogP contribution in [0.15, 0.2) is 89.3 Å². The molecule has 6 nitrogen and oxygen atoms in total. The van der Waals surface area contributed by atoms with Crippen LogP contribution in [0, 0.1) is 11.7 Å². The van der Waals surface area contributed by atoms with E-state index in [9.17, 15) is 14.0 Å². The molecule has 4 aromatic rings. The molecule has 0 N–H and O–H groups in total. The maximum atomic E-state index is 13.6. The van der Waals surface area contributed by atoms with Crippen LogP contribution in [0.2, 0.25) is 10.0 Å². The first-order valence-electron chi connectivity index (χ1n) is 11.1. The van der Waals surface area contributed by atoms with Gasteiger partial charge in [0.2, 0.25) is 5.91 Å². The summed E-state index contributed by atoms with van der Waals surface area (Å²) >= 11 is 12.5. The van der Waals surface area contributed by atoms with Gasteiger partial charge in [-0.15, -0.1) is 0 Å². The van der Waals surface area contributed by atoms with E-state index in [1.54, 1.807) is 30.3 Å². The van der Waals surface area contributed by atoms with Gasteiger partial charge in [-0.2, -0.15) is 0 Å². The van der Waals surface area contributed by atoms with E-state index >= 15 is 0 Å². The van der Waals surface area contributed by atoms with E-state index in [2.05, 4.69) is 0 Å². The summed E-state index contributed by atoms with van der Waals surface area (Å²) in [6.45, 7) is 0. The van der Waals surface area contributed by atoms with Crippen molar-refractivity contribution in [3.05, 3.63) is 107 Å². The van der Waals surface area contributed by atoms with Gasteiger partial charge in [-0.3, -0.25) is 14.4 Å². The summed E-state index contributed by atoms with van der Waals surface area (Å²) in [5.41, 5.74) is 1.53. The lowest BCUT2D eigenvalue weighted by atomic mass is 9.94. The standard InChI is InChI=1S/C27H17Cl2FN2O4/c28-15-6-11-20(29)19(14-15)21-12-13-22(35-21)24-23-25(36-32(24)18-4-2-1-3-5-18)27(34)31(26(23)33)17-9-7-16(30)8-10-17/h1-14,23-25H/t23-,24-,25+/m0/s1. The molecule has 2 aliphatic heterocycles. The third-order valence-electron chi connectivity index (χ3n) is 6.32. The van der Waals surface area contributed by atoms with Gasteiger partial charge in [0.1, 0.15) is 29.3 Å². The molecule has 0 aliphatic carbocycles. The van der Waals surface area contributed by atoms with Gasteiger partial charge in [-0.25, -0.2) is 14.4 Å². The number of furan rings is 1. The van der Waals surface area contributed by atoms with Crippen LogP contribution in [0.5, 0.6) is 0 Å². The number of anilines is 2. The summed E-state index contributed by atoms with van der Waals surface area (Å²) in [5.74, 6) is -1.47. The van der Waals surface area contributed by atoms with Crippen molar-refractivity contribution < 1.29 is 23.2 Å².